The van der Waals surface area contributed by atoms with Gasteiger partial charge in [-0.2, -0.15) is 0 Å². The van der Waals surface area contributed by atoms with Crippen molar-refractivity contribution >= 4 is 17.7 Å². The Morgan fingerprint density at radius 3 is 2.65 bits per heavy atom. The lowest BCUT2D eigenvalue weighted by Gasteiger charge is -2.21. The fourth-order valence-corrected chi connectivity index (χ4v) is 1.70. The summed E-state index contributed by atoms with van der Waals surface area (Å²) < 4.78 is 4.88. The van der Waals surface area contributed by atoms with E-state index in [9.17, 15) is 9.59 Å². The maximum Gasteiger partial charge on any atom is 0.323 e. The summed E-state index contributed by atoms with van der Waals surface area (Å²) >= 11 is 0. The van der Waals surface area contributed by atoms with Gasteiger partial charge in [-0.25, -0.2) is 4.79 Å². The number of anilines is 1. The number of urea groups is 1. The average Bonchev–Trinajstić information content (AvgIpc) is 2.39. The number of nitrogens with one attached hydrogen (secondary N) is 1. The van der Waals surface area contributed by atoms with E-state index in [1.54, 1.807) is 6.07 Å². The van der Waals surface area contributed by atoms with E-state index in [-0.39, 0.29) is 19.7 Å². The normalized spacial score (nSPS) is 10.2. The number of aliphatic carboxylic acids is 1. The van der Waals surface area contributed by atoms with Crippen LogP contribution in [0.1, 0.15) is 11.1 Å². The SMILES string of the molecule is COCCN(CC(=O)O)C(=O)Nc1cccc(C)c1C. The molecule has 110 valence electrons. The number of amides is 2. The van der Waals surface area contributed by atoms with Crippen LogP contribution in [0.15, 0.2) is 18.2 Å². The third kappa shape index (κ3) is 4.55. The predicted molar refractivity (Wildman–Crippen MR) is 76.0 cm³/mol. The fourth-order valence-electron chi connectivity index (χ4n) is 1.70. The third-order valence-corrected chi connectivity index (χ3v) is 3.02. The van der Waals surface area contributed by atoms with Crippen molar-refractivity contribution < 1.29 is 19.4 Å². The topological polar surface area (TPSA) is 78.9 Å². The molecule has 0 saturated carbocycles. The molecule has 0 radical (unpaired) electrons. The molecule has 0 unspecified atom stereocenters. The van der Waals surface area contributed by atoms with Crippen LogP contribution in [0.2, 0.25) is 0 Å². The van der Waals surface area contributed by atoms with Gasteiger partial charge >= 0.3 is 12.0 Å². The molecule has 0 fully saturated rings. The molecule has 1 aromatic carbocycles. The second kappa shape index (κ2) is 7.49. The number of hydrogen-bond donors (Lipinski definition) is 2. The summed E-state index contributed by atoms with van der Waals surface area (Å²) in [5, 5.41) is 11.6. The van der Waals surface area contributed by atoms with Crippen molar-refractivity contribution in [2.24, 2.45) is 0 Å². The monoisotopic (exact) mass is 280 g/mol. The molecule has 0 aliphatic carbocycles. The van der Waals surface area contributed by atoms with Gasteiger partial charge in [0.1, 0.15) is 6.54 Å². The lowest BCUT2D eigenvalue weighted by molar-refractivity contribution is -0.137. The van der Waals surface area contributed by atoms with Crippen molar-refractivity contribution in [2.45, 2.75) is 13.8 Å². The number of nitrogens with zero attached hydrogens (tertiary/aromatic N) is 1. The van der Waals surface area contributed by atoms with Gasteiger partial charge in [-0.05, 0) is 31.0 Å². The van der Waals surface area contributed by atoms with Crippen LogP contribution in [0.4, 0.5) is 10.5 Å². The smallest absolute Gasteiger partial charge is 0.323 e. The lowest BCUT2D eigenvalue weighted by Crippen LogP contribution is -2.40. The molecule has 0 atom stereocenters. The number of benzene rings is 1. The first-order valence-corrected chi connectivity index (χ1v) is 6.28. The first-order chi connectivity index (χ1) is 9.45. The van der Waals surface area contributed by atoms with Gasteiger partial charge in [0.25, 0.3) is 0 Å². The second-order valence-electron chi connectivity index (χ2n) is 4.49. The van der Waals surface area contributed by atoms with Crippen molar-refractivity contribution in [3.63, 3.8) is 0 Å². The van der Waals surface area contributed by atoms with E-state index in [1.807, 2.05) is 26.0 Å². The van der Waals surface area contributed by atoms with Crippen molar-refractivity contribution in [1.82, 2.24) is 4.90 Å². The zero-order valence-corrected chi connectivity index (χ0v) is 12.0. The highest BCUT2D eigenvalue weighted by Crippen LogP contribution is 2.18. The number of hydrogen-bond acceptors (Lipinski definition) is 3. The molecule has 0 heterocycles. The van der Waals surface area contributed by atoms with Crippen LogP contribution in [0, 0.1) is 13.8 Å². The zero-order valence-electron chi connectivity index (χ0n) is 12.0. The van der Waals surface area contributed by atoms with Gasteiger partial charge in [0, 0.05) is 19.3 Å². The summed E-state index contributed by atoms with van der Waals surface area (Å²) in [7, 11) is 1.50. The molecule has 0 bridgehead atoms. The second-order valence-corrected chi connectivity index (χ2v) is 4.49. The number of carboxylic acid groups (broad SMARTS) is 1. The van der Waals surface area contributed by atoms with Crippen LogP contribution in [0.3, 0.4) is 0 Å². The van der Waals surface area contributed by atoms with Gasteiger partial charge in [0.2, 0.25) is 0 Å². The summed E-state index contributed by atoms with van der Waals surface area (Å²) in [5.74, 6) is -1.06. The molecule has 0 aliphatic rings. The van der Waals surface area contributed by atoms with Gasteiger partial charge in [0.15, 0.2) is 0 Å². The Kier molecular flexibility index (Phi) is 5.99. The van der Waals surface area contributed by atoms with Gasteiger partial charge in [-0.1, -0.05) is 12.1 Å². The van der Waals surface area contributed by atoms with E-state index in [0.717, 1.165) is 11.1 Å². The Morgan fingerprint density at radius 1 is 1.35 bits per heavy atom. The van der Waals surface area contributed by atoms with Gasteiger partial charge in [0.05, 0.1) is 6.61 Å². The molecule has 0 spiro atoms. The molecule has 1 aromatic rings. The summed E-state index contributed by atoms with van der Waals surface area (Å²) in [4.78, 5) is 24.1. The Balaban J connectivity index is 2.79. The van der Waals surface area contributed by atoms with E-state index < -0.39 is 12.0 Å². The van der Waals surface area contributed by atoms with Gasteiger partial charge < -0.3 is 20.1 Å². The summed E-state index contributed by atoms with van der Waals surface area (Å²) in [5.41, 5.74) is 2.70. The van der Waals surface area contributed by atoms with Gasteiger partial charge in [-0.15, -0.1) is 0 Å². The number of aryl methyl sites for hydroxylation is 1. The number of carbonyl (C=O) groups is 2. The molecular formula is C14H20N2O4. The molecule has 0 aliphatic heterocycles. The first kappa shape index (κ1) is 16.0. The Hall–Kier alpha value is -2.08. The third-order valence-electron chi connectivity index (χ3n) is 3.02. The molecule has 6 heteroatoms. The molecule has 2 amide bonds. The van der Waals surface area contributed by atoms with E-state index in [0.29, 0.717) is 5.69 Å². The quantitative estimate of drug-likeness (QED) is 0.833. The van der Waals surface area contributed by atoms with Crippen molar-refractivity contribution in [3.05, 3.63) is 29.3 Å². The Bertz CT molecular complexity index is 488. The molecule has 1 rings (SSSR count). The maximum atomic E-state index is 12.1. The zero-order chi connectivity index (χ0) is 15.1. The standard InChI is InChI=1S/C14H20N2O4/c1-10-5-4-6-12(11(10)2)15-14(19)16(7-8-20-3)9-13(17)18/h4-6H,7-9H2,1-3H3,(H,15,19)(H,17,18). The highest BCUT2D eigenvalue weighted by atomic mass is 16.5. The Labute approximate surface area is 118 Å². The summed E-state index contributed by atoms with van der Waals surface area (Å²) in [6.45, 7) is 4.00. The number of carboxylic acids is 1. The van der Waals surface area contributed by atoms with Crippen LogP contribution in [0.5, 0.6) is 0 Å². The van der Waals surface area contributed by atoms with E-state index >= 15 is 0 Å². The minimum atomic E-state index is -1.06. The maximum absolute atomic E-state index is 12.1. The van der Waals surface area contributed by atoms with Crippen molar-refractivity contribution in [2.75, 3.05) is 32.1 Å². The van der Waals surface area contributed by atoms with Crippen LogP contribution in [-0.4, -0.2) is 48.8 Å². The molecule has 2 N–H and O–H groups in total. The summed E-state index contributed by atoms with van der Waals surface area (Å²) in [6, 6.07) is 5.13. The predicted octanol–water partition coefficient (Wildman–Crippen LogP) is 1.87. The molecule has 0 aromatic heterocycles. The largest absolute Gasteiger partial charge is 0.480 e. The molecular weight excluding hydrogens is 260 g/mol. The van der Waals surface area contributed by atoms with Crippen LogP contribution < -0.4 is 5.32 Å². The van der Waals surface area contributed by atoms with Crippen LogP contribution in [-0.2, 0) is 9.53 Å². The minimum Gasteiger partial charge on any atom is -0.480 e. The van der Waals surface area contributed by atoms with Gasteiger partial charge in [-0.3, -0.25) is 4.79 Å². The minimum absolute atomic E-state index is 0.222. The average molecular weight is 280 g/mol. The summed E-state index contributed by atoms with van der Waals surface area (Å²) in [6.07, 6.45) is 0. The van der Waals surface area contributed by atoms with Crippen LogP contribution >= 0.6 is 0 Å². The first-order valence-electron chi connectivity index (χ1n) is 6.28. The van der Waals surface area contributed by atoms with Crippen molar-refractivity contribution in [3.8, 4) is 0 Å². The molecule has 20 heavy (non-hydrogen) atoms. The molecule has 0 saturated heterocycles. The fraction of sp³-hybridized carbons (Fsp3) is 0.429. The van der Waals surface area contributed by atoms with Crippen LogP contribution in [0.25, 0.3) is 0 Å². The number of ether oxygens (including phenoxy) is 1. The van der Waals surface area contributed by atoms with E-state index in [4.69, 9.17) is 9.84 Å². The van der Waals surface area contributed by atoms with Crippen molar-refractivity contribution in [1.29, 1.82) is 0 Å². The number of carbonyl (C=O) groups excluding carboxylic acids is 1. The lowest BCUT2D eigenvalue weighted by atomic mass is 10.1. The number of methoxy groups -OCH3 is 1. The Morgan fingerprint density at radius 2 is 2.05 bits per heavy atom. The van der Waals surface area contributed by atoms with E-state index in [1.165, 1.54) is 12.0 Å². The highest BCUT2D eigenvalue weighted by molar-refractivity contribution is 5.92. The van der Waals surface area contributed by atoms with E-state index in [2.05, 4.69) is 5.32 Å². The molecule has 6 nitrogen and oxygen atoms in total. The highest BCUT2D eigenvalue weighted by Gasteiger charge is 2.17. The number of rotatable bonds is 6.